The third-order valence-corrected chi connectivity index (χ3v) is 7.31. The van der Waals surface area contributed by atoms with E-state index in [-0.39, 0.29) is 21.2 Å². The Kier molecular flexibility index (Phi) is 11.4. The van der Waals surface area contributed by atoms with Gasteiger partial charge in [-0.1, -0.05) is 49.2 Å². The van der Waals surface area contributed by atoms with E-state index in [1.54, 1.807) is 7.11 Å². The largest absolute Gasteiger partial charge is 0.496 e. The fourth-order valence-corrected chi connectivity index (χ4v) is 5.16. The first kappa shape index (κ1) is 30.6. The molecule has 0 radical (unpaired) electrons. The first-order valence-corrected chi connectivity index (χ1v) is 14.2. The minimum absolute atomic E-state index is 0.0694. The molecule has 2 N–H and O–H groups in total. The van der Waals surface area contributed by atoms with Gasteiger partial charge in [-0.3, -0.25) is 10.1 Å². The van der Waals surface area contributed by atoms with Crippen LogP contribution in [0.2, 0.25) is 10.0 Å². The van der Waals surface area contributed by atoms with Gasteiger partial charge in [0.2, 0.25) is 0 Å². The molecule has 1 amide bonds. The SMILES string of the molecule is COc1c(CCOCCCC(C)C)cccc1-c1csc(NC(=O)c2cc(Cl)c(C=C(C)C(=O)O)c(Cl)c2)n1. The van der Waals surface area contributed by atoms with E-state index in [1.807, 2.05) is 23.6 Å². The summed E-state index contributed by atoms with van der Waals surface area (Å²) in [6.07, 6.45) is 4.27. The number of thiazole rings is 1. The molecule has 2 aromatic carbocycles. The number of rotatable bonds is 13. The first-order valence-electron chi connectivity index (χ1n) is 12.5. The molecule has 0 aliphatic rings. The summed E-state index contributed by atoms with van der Waals surface area (Å²) in [5.41, 5.74) is 3.14. The number of nitrogens with one attached hydrogen (secondary N) is 1. The highest BCUT2D eigenvalue weighted by Gasteiger charge is 2.17. The number of aromatic nitrogens is 1. The Morgan fingerprint density at radius 3 is 2.54 bits per heavy atom. The van der Waals surface area contributed by atoms with Crippen LogP contribution < -0.4 is 10.1 Å². The van der Waals surface area contributed by atoms with Crippen LogP contribution in [-0.4, -0.2) is 42.3 Å². The van der Waals surface area contributed by atoms with Crippen molar-refractivity contribution in [3.63, 3.8) is 0 Å². The molecule has 39 heavy (non-hydrogen) atoms. The Bertz CT molecular complexity index is 1330. The summed E-state index contributed by atoms with van der Waals surface area (Å²) in [6, 6.07) is 8.78. The second kappa shape index (κ2) is 14.5. The molecule has 3 aromatic rings. The highest BCUT2D eigenvalue weighted by atomic mass is 35.5. The number of methoxy groups -OCH3 is 1. The lowest BCUT2D eigenvalue weighted by atomic mass is 10.0. The number of carbonyl (C=O) groups excluding carboxylic acids is 1. The van der Waals surface area contributed by atoms with E-state index in [0.29, 0.717) is 35.3 Å². The molecule has 3 rings (SSSR count). The van der Waals surface area contributed by atoms with Crippen LogP contribution in [0.1, 0.15) is 55.1 Å². The van der Waals surface area contributed by atoms with Gasteiger partial charge in [0, 0.05) is 34.3 Å². The number of aliphatic carboxylic acids is 1. The van der Waals surface area contributed by atoms with Crippen LogP contribution in [-0.2, 0) is 16.0 Å². The van der Waals surface area contributed by atoms with Crippen LogP contribution >= 0.6 is 34.5 Å². The number of hydrogen-bond acceptors (Lipinski definition) is 6. The van der Waals surface area contributed by atoms with E-state index in [4.69, 9.17) is 37.8 Å². The fourth-order valence-electron chi connectivity index (χ4n) is 3.86. The summed E-state index contributed by atoms with van der Waals surface area (Å²) in [5, 5.41) is 14.5. The minimum Gasteiger partial charge on any atom is -0.496 e. The van der Waals surface area contributed by atoms with E-state index in [2.05, 4.69) is 24.1 Å². The quantitative estimate of drug-likeness (QED) is 0.155. The van der Waals surface area contributed by atoms with E-state index >= 15 is 0 Å². The molecule has 7 nitrogen and oxygen atoms in total. The first-order chi connectivity index (χ1) is 18.6. The van der Waals surface area contributed by atoms with Gasteiger partial charge in [0.15, 0.2) is 5.13 Å². The molecule has 0 saturated carbocycles. The van der Waals surface area contributed by atoms with Crippen molar-refractivity contribution in [2.45, 2.75) is 40.0 Å². The number of anilines is 1. The second-order valence-corrected chi connectivity index (χ2v) is 11.0. The van der Waals surface area contributed by atoms with E-state index in [0.717, 1.165) is 36.3 Å². The number of nitrogens with zero attached hydrogens (tertiary/aromatic N) is 1. The van der Waals surface area contributed by atoms with Crippen molar-refractivity contribution in [1.82, 2.24) is 4.98 Å². The van der Waals surface area contributed by atoms with Crippen molar-refractivity contribution in [1.29, 1.82) is 0 Å². The molecule has 0 unspecified atom stereocenters. The average Bonchev–Trinajstić information content (AvgIpc) is 3.35. The lowest BCUT2D eigenvalue weighted by Gasteiger charge is -2.13. The van der Waals surface area contributed by atoms with Crippen LogP contribution in [0, 0.1) is 5.92 Å². The summed E-state index contributed by atoms with van der Waals surface area (Å²) < 4.78 is 11.5. The van der Waals surface area contributed by atoms with Crippen molar-refractivity contribution in [2.75, 3.05) is 25.6 Å². The Morgan fingerprint density at radius 1 is 1.18 bits per heavy atom. The van der Waals surface area contributed by atoms with Gasteiger partial charge in [0.05, 0.1) is 29.5 Å². The van der Waals surface area contributed by atoms with Crippen LogP contribution in [0.25, 0.3) is 17.3 Å². The van der Waals surface area contributed by atoms with Crippen LogP contribution in [0.3, 0.4) is 0 Å². The second-order valence-electron chi connectivity index (χ2n) is 9.37. The average molecular weight is 592 g/mol. The molecule has 0 fully saturated rings. The zero-order valence-electron chi connectivity index (χ0n) is 22.3. The van der Waals surface area contributed by atoms with Crippen molar-refractivity contribution in [2.24, 2.45) is 5.92 Å². The van der Waals surface area contributed by atoms with E-state index < -0.39 is 11.9 Å². The molecule has 0 atom stereocenters. The number of ether oxygens (including phenoxy) is 2. The lowest BCUT2D eigenvalue weighted by molar-refractivity contribution is -0.132. The number of carbonyl (C=O) groups is 2. The minimum atomic E-state index is -1.09. The van der Waals surface area contributed by atoms with Crippen LogP contribution in [0.4, 0.5) is 5.13 Å². The van der Waals surface area contributed by atoms with E-state index in [9.17, 15) is 9.59 Å². The van der Waals surface area contributed by atoms with Crippen molar-refractivity contribution < 1.29 is 24.2 Å². The van der Waals surface area contributed by atoms with Crippen molar-refractivity contribution in [3.05, 3.63) is 68.0 Å². The maximum absolute atomic E-state index is 12.9. The van der Waals surface area contributed by atoms with E-state index in [1.165, 1.54) is 36.5 Å². The number of benzene rings is 2. The summed E-state index contributed by atoms with van der Waals surface area (Å²) in [6.45, 7) is 7.19. The summed E-state index contributed by atoms with van der Waals surface area (Å²) in [4.78, 5) is 28.6. The molecule has 0 aliphatic heterocycles. The topological polar surface area (TPSA) is 97.8 Å². The van der Waals surface area contributed by atoms with Crippen LogP contribution in [0.15, 0.2) is 41.3 Å². The predicted molar refractivity (Wildman–Crippen MR) is 158 cm³/mol. The maximum Gasteiger partial charge on any atom is 0.331 e. The monoisotopic (exact) mass is 590 g/mol. The number of carboxylic acids is 1. The Balaban J connectivity index is 1.71. The third kappa shape index (κ3) is 8.54. The molecule has 0 spiro atoms. The van der Waals surface area contributed by atoms with Gasteiger partial charge in [-0.15, -0.1) is 11.3 Å². The molecule has 10 heteroatoms. The number of amides is 1. The molecule has 1 heterocycles. The smallest absolute Gasteiger partial charge is 0.331 e. The Labute approximate surface area is 242 Å². The zero-order valence-corrected chi connectivity index (χ0v) is 24.7. The summed E-state index contributed by atoms with van der Waals surface area (Å²) in [5.74, 6) is -0.131. The Morgan fingerprint density at radius 2 is 1.90 bits per heavy atom. The van der Waals surface area contributed by atoms with Gasteiger partial charge < -0.3 is 14.6 Å². The number of para-hydroxylation sites is 1. The molecule has 1 aromatic heterocycles. The van der Waals surface area contributed by atoms with Gasteiger partial charge in [-0.25, -0.2) is 9.78 Å². The molecular formula is C29H32Cl2N2O5S. The van der Waals surface area contributed by atoms with Gasteiger partial charge >= 0.3 is 5.97 Å². The normalized spacial score (nSPS) is 11.6. The predicted octanol–water partition coefficient (Wildman–Crippen LogP) is 7.86. The van der Waals surface area contributed by atoms with Gasteiger partial charge in [0.1, 0.15) is 5.75 Å². The van der Waals surface area contributed by atoms with Crippen molar-refractivity contribution >= 4 is 57.6 Å². The third-order valence-electron chi connectivity index (χ3n) is 5.93. The van der Waals surface area contributed by atoms with Crippen LogP contribution in [0.5, 0.6) is 5.75 Å². The molecule has 0 bridgehead atoms. The maximum atomic E-state index is 12.9. The van der Waals surface area contributed by atoms with Crippen molar-refractivity contribution in [3.8, 4) is 17.0 Å². The molecule has 208 valence electrons. The van der Waals surface area contributed by atoms with Gasteiger partial charge in [-0.05, 0) is 61.9 Å². The summed E-state index contributed by atoms with van der Waals surface area (Å²) in [7, 11) is 1.63. The number of carboxylic acid groups (broad SMARTS) is 1. The molecular weight excluding hydrogens is 559 g/mol. The summed E-state index contributed by atoms with van der Waals surface area (Å²) >= 11 is 13.9. The molecule has 0 aliphatic carbocycles. The molecule has 0 saturated heterocycles. The fraction of sp³-hybridized carbons (Fsp3) is 0.345. The Hall–Kier alpha value is -2.91. The number of halogens is 2. The van der Waals surface area contributed by atoms with Gasteiger partial charge in [0.25, 0.3) is 5.91 Å². The van der Waals surface area contributed by atoms with Gasteiger partial charge in [-0.2, -0.15) is 0 Å². The standard InChI is InChI=1S/C29H32Cl2N2O5S/c1-17(2)7-6-11-38-12-10-19-8-5-9-21(26(19)37-4)25-16-39-29(32-25)33-27(34)20-14-23(30)22(24(31)15-20)13-18(3)28(35)36/h5,8-9,13-17H,6-7,10-12H2,1-4H3,(H,35,36)(H,32,33,34). The number of hydrogen-bond donors (Lipinski definition) is 2. The zero-order chi connectivity index (χ0) is 28.5. The lowest BCUT2D eigenvalue weighted by Crippen LogP contribution is -2.12. The highest BCUT2D eigenvalue weighted by Crippen LogP contribution is 2.35. The highest BCUT2D eigenvalue weighted by molar-refractivity contribution is 7.14.